The van der Waals surface area contributed by atoms with Gasteiger partial charge in [-0.05, 0) is 19.9 Å². The molecule has 0 spiro atoms. The van der Waals surface area contributed by atoms with Crippen LogP contribution >= 0.6 is 0 Å². The number of nitrogens with zero attached hydrogens (tertiary/aromatic N) is 1. The van der Waals surface area contributed by atoms with E-state index in [9.17, 15) is 13.5 Å². The fourth-order valence-electron chi connectivity index (χ4n) is 1.89. The fourth-order valence-corrected chi connectivity index (χ4v) is 3.36. The fraction of sp³-hybridized carbons (Fsp3) is 0.250. The van der Waals surface area contributed by atoms with Crippen molar-refractivity contribution in [2.75, 3.05) is 4.72 Å². The number of aliphatic hydroxyl groups excluding tert-OH is 1. The van der Waals surface area contributed by atoms with E-state index in [1.165, 1.54) is 0 Å². The molecule has 0 aliphatic heterocycles. The Morgan fingerprint density at radius 2 is 2.00 bits per heavy atom. The van der Waals surface area contributed by atoms with E-state index in [0.717, 1.165) is 0 Å². The average Bonchev–Trinajstić information content (AvgIpc) is 2.70. The van der Waals surface area contributed by atoms with Crippen molar-refractivity contribution in [1.82, 2.24) is 10.2 Å². The van der Waals surface area contributed by atoms with E-state index in [-0.39, 0.29) is 11.5 Å². The van der Waals surface area contributed by atoms with Crippen LogP contribution in [0.3, 0.4) is 0 Å². The van der Waals surface area contributed by atoms with Crippen LogP contribution < -0.4 is 4.72 Å². The molecule has 3 N–H and O–H groups in total. The van der Waals surface area contributed by atoms with Crippen LogP contribution in [0, 0.1) is 13.8 Å². The Morgan fingerprint density at radius 3 is 2.58 bits per heavy atom. The number of aryl methyl sites for hydroxylation is 2. The smallest absolute Gasteiger partial charge is 0.265 e. The first kappa shape index (κ1) is 13.6. The summed E-state index contributed by atoms with van der Waals surface area (Å²) in [4.78, 5) is 0.139. The van der Waals surface area contributed by atoms with Gasteiger partial charge in [-0.1, -0.05) is 18.2 Å². The Morgan fingerprint density at radius 1 is 1.32 bits per heavy atom. The van der Waals surface area contributed by atoms with Crippen molar-refractivity contribution < 1.29 is 13.5 Å². The highest BCUT2D eigenvalue weighted by molar-refractivity contribution is 7.92. The first-order chi connectivity index (χ1) is 8.95. The summed E-state index contributed by atoms with van der Waals surface area (Å²) in [6, 6.07) is 6.70. The minimum Gasteiger partial charge on any atom is -0.392 e. The molecule has 0 saturated heterocycles. The van der Waals surface area contributed by atoms with Crippen molar-refractivity contribution in [1.29, 1.82) is 0 Å². The van der Waals surface area contributed by atoms with Gasteiger partial charge in [0.05, 0.1) is 23.7 Å². The maximum atomic E-state index is 12.3. The van der Waals surface area contributed by atoms with Crippen LogP contribution in [0.25, 0.3) is 0 Å². The highest BCUT2D eigenvalue weighted by atomic mass is 32.2. The summed E-state index contributed by atoms with van der Waals surface area (Å²) in [5.74, 6) is 0. The van der Waals surface area contributed by atoms with Crippen LogP contribution in [-0.2, 0) is 16.6 Å². The SMILES string of the molecule is Cc1n[nH]c(C)c1S(=O)(=O)Nc1ccccc1CO. The van der Waals surface area contributed by atoms with E-state index in [4.69, 9.17) is 0 Å². The zero-order chi connectivity index (χ0) is 14.0. The number of nitrogens with one attached hydrogen (secondary N) is 2. The summed E-state index contributed by atoms with van der Waals surface area (Å²) >= 11 is 0. The first-order valence-electron chi connectivity index (χ1n) is 5.69. The molecule has 0 bridgehead atoms. The molecule has 1 aromatic heterocycles. The van der Waals surface area contributed by atoms with Gasteiger partial charge in [-0.15, -0.1) is 0 Å². The molecule has 0 fully saturated rings. The first-order valence-corrected chi connectivity index (χ1v) is 7.17. The van der Waals surface area contributed by atoms with Gasteiger partial charge in [0.1, 0.15) is 4.90 Å². The molecule has 0 atom stereocenters. The topological polar surface area (TPSA) is 95.1 Å². The van der Waals surface area contributed by atoms with Gasteiger partial charge in [0.2, 0.25) is 0 Å². The predicted molar refractivity (Wildman–Crippen MR) is 71.2 cm³/mol. The van der Waals surface area contributed by atoms with Gasteiger partial charge < -0.3 is 5.11 Å². The standard InChI is InChI=1S/C12H15N3O3S/c1-8-12(9(2)14-13-8)19(17,18)15-11-6-4-3-5-10(11)7-16/h3-6,15-16H,7H2,1-2H3,(H,13,14). The average molecular weight is 281 g/mol. The van der Waals surface area contributed by atoms with Crippen LogP contribution in [0.15, 0.2) is 29.2 Å². The number of aromatic amines is 1. The predicted octanol–water partition coefficient (Wildman–Crippen LogP) is 1.32. The van der Waals surface area contributed by atoms with Crippen LogP contribution in [0.2, 0.25) is 0 Å². The third-order valence-electron chi connectivity index (χ3n) is 2.76. The molecule has 19 heavy (non-hydrogen) atoms. The molecule has 6 nitrogen and oxygen atoms in total. The number of rotatable bonds is 4. The van der Waals surface area contributed by atoms with Gasteiger partial charge in [-0.3, -0.25) is 9.82 Å². The second kappa shape index (κ2) is 5.02. The minimum atomic E-state index is -3.72. The zero-order valence-corrected chi connectivity index (χ0v) is 11.5. The van der Waals surface area contributed by atoms with Crippen molar-refractivity contribution in [2.45, 2.75) is 25.3 Å². The molecular formula is C12H15N3O3S. The summed E-state index contributed by atoms with van der Waals surface area (Å²) in [5, 5.41) is 15.7. The molecular weight excluding hydrogens is 266 g/mol. The molecule has 1 heterocycles. The van der Waals surface area contributed by atoms with Crippen molar-refractivity contribution >= 4 is 15.7 Å². The Labute approximate surface area is 111 Å². The molecule has 0 unspecified atom stereocenters. The minimum absolute atomic E-state index is 0.139. The van der Waals surface area contributed by atoms with Crippen molar-refractivity contribution in [3.05, 3.63) is 41.2 Å². The van der Waals surface area contributed by atoms with Crippen LogP contribution in [0.5, 0.6) is 0 Å². The number of benzene rings is 1. The monoisotopic (exact) mass is 281 g/mol. The summed E-state index contributed by atoms with van der Waals surface area (Å²) in [6.45, 7) is 3.03. The second-order valence-corrected chi connectivity index (χ2v) is 5.80. The summed E-state index contributed by atoms with van der Waals surface area (Å²) in [6.07, 6.45) is 0. The zero-order valence-electron chi connectivity index (χ0n) is 10.6. The summed E-state index contributed by atoms with van der Waals surface area (Å²) < 4.78 is 27.1. The Bertz CT molecular complexity index is 672. The normalized spacial score (nSPS) is 11.5. The Balaban J connectivity index is 2.43. The van der Waals surface area contributed by atoms with Crippen molar-refractivity contribution in [2.24, 2.45) is 0 Å². The molecule has 0 radical (unpaired) electrons. The number of H-pyrrole nitrogens is 1. The number of sulfonamides is 1. The molecule has 7 heteroatoms. The molecule has 0 saturated carbocycles. The van der Waals surface area contributed by atoms with Crippen molar-refractivity contribution in [3.63, 3.8) is 0 Å². The highest BCUT2D eigenvalue weighted by Gasteiger charge is 2.22. The van der Waals surface area contributed by atoms with E-state index in [1.54, 1.807) is 38.1 Å². The number of hydrogen-bond acceptors (Lipinski definition) is 4. The maximum absolute atomic E-state index is 12.3. The maximum Gasteiger partial charge on any atom is 0.265 e. The molecule has 0 aliphatic rings. The number of para-hydroxylation sites is 1. The van der Waals surface area contributed by atoms with Gasteiger partial charge >= 0.3 is 0 Å². The molecule has 0 amide bonds. The lowest BCUT2D eigenvalue weighted by molar-refractivity contribution is 0.282. The van der Waals surface area contributed by atoms with E-state index >= 15 is 0 Å². The molecule has 102 valence electrons. The summed E-state index contributed by atoms with van der Waals surface area (Å²) in [7, 11) is -3.72. The van der Waals surface area contributed by atoms with Crippen molar-refractivity contribution in [3.8, 4) is 0 Å². The molecule has 2 rings (SSSR count). The van der Waals surface area contributed by atoms with E-state index in [2.05, 4.69) is 14.9 Å². The number of anilines is 1. The lowest BCUT2D eigenvalue weighted by atomic mass is 10.2. The van der Waals surface area contributed by atoms with Gasteiger partial charge in [0.15, 0.2) is 0 Å². The highest BCUT2D eigenvalue weighted by Crippen LogP contribution is 2.23. The quantitative estimate of drug-likeness (QED) is 0.787. The Kier molecular flexibility index (Phi) is 3.59. The van der Waals surface area contributed by atoms with Gasteiger partial charge in [-0.25, -0.2) is 8.42 Å². The largest absolute Gasteiger partial charge is 0.392 e. The Hall–Kier alpha value is -1.86. The lowest BCUT2D eigenvalue weighted by Crippen LogP contribution is -2.15. The van der Waals surface area contributed by atoms with Crippen LogP contribution in [-0.4, -0.2) is 23.7 Å². The van der Waals surface area contributed by atoms with Gasteiger partial charge in [0.25, 0.3) is 10.0 Å². The molecule has 0 aliphatic carbocycles. The number of aromatic nitrogens is 2. The summed E-state index contributed by atoms with van der Waals surface area (Å²) in [5.41, 5.74) is 1.77. The van der Waals surface area contributed by atoms with Crippen LogP contribution in [0.1, 0.15) is 17.0 Å². The van der Waals surface area contributed by atoms with Crippen LogP contribution in [0.4, 0.5) is 5.69 Å². The van der Waals surface area contributed by atoms with E-state index in [1.807, 2.05) is 0 Å². The third kappa shape index (κ3) is 2.61. The number of aliphatic hydroxyl groups is 1. The van der Waals surface area contributed by atoms with Gasteiger partial charge in [0, 0.05) is 5.56 Å². The number of hydrogen-bond donors (Lipinski definition) is 3. The molecule has 1 aromatic carbocycles. The molecule has 2 aromatic rings. The van der Waals surface area contributed by atoms with E-state index in [0.29, 0.717) is 22.6 Å². The van der Waals surface area contributed by atoms with Gasteiger partial charge in [-0.2, -0.15) is 5.10 Å². The second-order valence-electron chi connectivity index (χ2n) is 4.18. The lowest BCUT2D eigenvalue weighted by Gasteiger charge is -2.11. The van der Waals surface area contributed by atoms with E-state index < -0.39 is 10.0 Å². The third-order valence-corrected chi connectivity index (χ3v) is 4.39.